The number of aryl methyl sites for hydroxylation is 2. The monoisotopic (exact) mass is 376 g/mol. The lowest BCUT2D eigenvalue weighted by Gasteiger charge is -2.04. The van der Waals surface area contributed by atoms with E-state index < -0.39 is 0 Å². The summed E-state index contributed by atoms with van der Waals surface area (Å²) < 4.78 is 7.64. The molecule has 2 aromatic heterocycles. The summed E-state index contributed by atoms with van der Waals surface area (Å²) in [6.07, 6.45) is 1.71. The third-order valence-electron chi connectivity index (χ3n) is 4.31. The second-order valence-electron chi connectivity index (χ2n) is 6.53. The zero-order valence-corrected chi connectivity index (χ0v) is 16.3. The van der Waals surface area contributed by atoms with Crippen molar-refractivity contribution in [3.63, 3.8) is 0 Å². The molecule has 27 heavy (non-hydrogen) atoms. The molecule has 0 aliphatic rings. The Hall–Kier alpha value is -2.86. The summed E-state index contributed by atoms with van der Waals surface area (Å²) in [6.45, 7) is 4.14. The third kappa shape index (κ3) is 3.80. The zero-order chi connectivity index (χ0) is 18.8. The Labute approximate surface area is 162 Å². The van der Waals surface area contributed by atoms with Crippen molar-refractivity contribution in [3.05, 3.63) is 71.6 Å². The van der Waals surface area contributed by atoms with Crippen molar-refractivity contribution in [2.24, 2.45) is 7.05 Å². The van der Waals surface area contributed by atoms with Gasteiger partial charge in [-0.2, -0.15) is 0 Å². The third-order valence-corrected chi connectivity index (χ3v) is 5.36. The molecule has 6 heteroatoms. The molecular weight excluding hydrogens is 356 g/mol. The van der Waals surface area contributed by atoms with Gasteiger partial charge in [0, 0.05) is 23.9 Å². The number of benzene rings is 2. The summed E-state index contributed by atoms with van der Waals surface area (Å²) in [5.74, 6) is 2.18. The van der Waals surface area contributed by atoms with Gasteiger partial charge in [0.15, 0.2) is 11.0 Å². The summed E-state index contributed by atoms with van der Waals surface area (Å²) in [5, 5.41) is 9.53. The van der Waals surface area contributed by atoms with E-state index in [0.717, 1.165) is 27.8 Å². The van der Waals surface area contributed by atoms with Gasteiger partial charge in [0.25, 0.3) is 0 Å². The van der Waals surface area contributed by atoms with Crippen molar-refractivity contribution in [1.82, 2.24) is 19.7 Å². The van der Waals surface area contributed by atoms with E-state index in [-0.39, 0.29) is 0 Å². The van der Waals surface area contributed by atoms with Crippen LogP contribution in [0.2, 0.25) is 0 Å². The van der Waals surface area contributed by atoms with Crippen LogP contribution in [0.15, 0.2) is 64.4 Å². The van der Waals surface area contributed by atoms with Crippen LogP contribution in [0.1, 0.15) is 16.8 Å². The second-order valence-corrected chi connectivity index (χ2v) is 7.48. The van der Waals surface area contributed by atoms with E-state index in [0.29, 0.717) is 11.6 Å². The fraction of sp³-hybridized carbons (Fsp3) is 0.190. The van der Waals surface area contributed by atoms with Gasteiger partial charge in [-0.05, 0) is 32.0 Å². The summed E-state index contributed by atoms with van der Waals surface area (Å²) in [4.78, 5) is 4.59. The Balaban J connectivity index is 1.47. The largest absolute Gasteiger partial charge is 0.444 e. The first-order valence-corrected chi connectivity index (χ1v) is 9.69. The SMILES string of the molecule is Cc1ccc(-c2nc(CSc3nnc(-c4cccc(C)c4)n3C)co2)cc1. The van der Waals surface area contributed by atoms with Gasteiger partial charge in [-0.15, -0.1) is 10.2 Å². The van der Waals surface area contributed by atoms with Crippen LogP contribution in [-0.2, 0) is 12.8 Å². The number of rotatable bonds is 5. The first-order valence-electron chi connectivity index (χ1n) is 8.71. The fourth-order valence-electron chi connectivity index (χ4n) is 2.82. The average molecular weight is 376 g/mol. The van der Waals surface area contributed by atoms with Gasteiger partial charge >= 0.3 is 0 Å². The van der Waals surface area contributed by atoms with E-state index >= 15 is 0 Å². The van der Waals surface area contributed by atoms with E-state index in [1.165, 1.54) is 11.1 Å². The summed E-state index contributed by atoms with van der Waals surface area (Å²) >= 11 is 1.60. The molecule has 136 valence electrons. The normalized spacial score (nSPS) is 11.1. The molecule has 0 aliphatic carbocycles. The molecule has 0 saturated heterocycles. The topological polar surface area (TPSA) is 56.7 Å². The van der Waals surface area contributed by atoms with Gasteiger partial charge < -0.3 is 8.98 Å². The molecule has 0 atom stereocenters. The highest BCUT2D eigenvalue weighted by Gasteiger charge is 2.13. The van der Waals surface area contributed by atoms with E-state index in [9.17, 15) is 0 Å². The van der Waals surface area contributed by atoms with E-state index in [2.05, 4.69) is 59.4 Å². The number of hydrogen-bond donors (Lipinski definition) is 0. The molecule has 0 N–H and O–H groups in total. The zero-order valence-electron chi connectivity index (χ0n) is 15.5. The number of hydrogen-bond acceptors (Lipinski definition) is 5. The van der Waals surface area contributed by atoms with Crippen molar-refractivity contribution >= 4 is 11.8 Å². The van der Waals surface area contributed by atoms with Gasteiger partial charge in [-0.3, -0.25) is 0 Å². The molecule has 2 heterocycles. The van der Waals surface area contributed by atoms with Crippen LogP contribution >= 0.6 is 11.8 Å². The van der Waals surface area contributed by atoms with Crippen molar-refractivity contribution in [2.75, 3.05) is 0 Å². The molecule has 0 spiro atoms. The first kappa shape index (κ1) is 17.5. The minimum atomic E-state index is 0.643. The minimum absolute atomic E-state index is 0.643. The van der Waals surface area contributed by atoms with Crippen LogP contribution in [0.4, 0.5) is 0 Å². The van der Waals surface area contributed by atoms with Crippen molar-refractivity contribution in [1.29, 1.82) is 0 Å². The van der Waals surface area contributed by atoms with E-state index in [1.807, 2.05) is 29.8 Å². The minimum Gasteiger partial charge on any atom is -0.444 e. The van der Waals surface area contributed by atoms with Crippen LogP contribution in [0.5, 0.6) is 0 Å². The molecule has 0 bridgehead atoms. The molecule has 0 radical (unpaired) electrons. The van der Waals surface area contributed by atoms with Crippen molar-refractivity contribution in [2.45, 2.75) is 24.8 Å². The Morgan fingerprint density at radius 3 is 2.56 bits per heavy atom. The highest BCUT2D eigenvalue weighted by molar-refractivity contribution is 7.98. The van der Waals surface area contributed by atoms with Gasteiger partial charge in [0.05, 0.1) is 5.69 Å². The quantitative estimate of drug-likeness (QED) is 0.456. The molecule has 0 saturated carbocycles. The Morgan fingerprint density at radius 2 is 1.78 bits per heavy atom. The lowest BCUT2D eigenvalue weighted by molar-refractivity contribution is 0.573. The van der Waals surface area contributed by atoms with Gasteiger partial charge in [-0.25, -0.2) is 4.98 Å². The molecule has 0 unspecified atom stereocenters. The van der Waals surface area contributed by atoms with Gasteiger partial charge in [0.1, 0.15) is 6.26 Å². The lowest BCUT2D eigenvalue weighted by atomic mass is 10.1. The summed E-state index contributed by atoms with van der Waals surface area (Å²) in [6, 6.07) is 16.4. The Bertz CT molecular complexity index is 1070. The van der Waals surface area contributed by atoms with E-state index in [4.69, 9.17) is 4.42 Å². The van der Waals surface area contributed by atoms with Crippen LogP contribution in [0.25, 0.3) is 22.8 Å². The lowest BCUT2D eigenvalue weighted by Crippen LogP contribution is -1.95. The highest BCUT2D eigenvalue weighted by atomic mass is 32.2. The van der Waals surface area contributed by atoms with E-state index in [1.54, 1.807) is 18.0 Å². The molecular formula is C21H20N4OS. The Morgan fingerprint density at radius 1 is 0.963 bits per heavy atom. The molecule has 2 aromatic carbocycles. The maximum Gasteiger partial charge on any atom is 0.226 e. The van der Waals surface area contributed by atoms with Crippen molar-refractivity contribution in [3.8, 4) is 22.8 Å². The molecule has 5 nitrogen and oxygen atoms in total. The molecule has 0 fully saturated rings. The second kappa shape index (κ2) is 7.40. The number of aromatic nitrogens is 4. The average Bonchev–Trinajstić information content (AvgIpc) is 3.27. The maximum atomic E-state index is 5.63. The predicted molar refractivity (Wildman–Crippen MR) is 107 cm³/mol. The predicted octanol–water partition coefficient (Wildman–Crippen LogP) is 5.05. The van der Waals surface area contributed by atoms with Crippen LogP contribution in [0, 0.1) is 13.8 Å². The molecule has 0 amide bonds. The fourth-order valence-corrected chi connectivity index (χ4v) is 3.60. The number of thioether (sulfide) groups is 1. The number of oxazole rings is 1. The molecule has 4 aromatic rings. The van der Waals surface area contributed by atoms with Gasteiger partial charge in [0.2, 0.25) is 5.89 Å². The van der Waals surface area contributed by atoms with Crippen LogP contribution in [0.3, 0.4) is 0 Å². The number of nitrogens with zero attached hydrogens (tertiary/aromatic N) is 4. The van der Waals surface area contributed by atoms with Crippen LogP contribution < -0.4 is 0 Å². The summed E-state index contributed by atoms with van der Waals surface area (Å²) in [7, 11) is 1.99. The van der Waals surface area contributed by atoms with Crippen molar-refractivity contribution < 1.29 is 4.42 Å². The standard InChI is InChI=1S/C21H20N4OS/c1-14-7-9-16(10-8-14)20-22-18(12-26-20)13-27-21-24-23-19(25(21)3)17-6-4-5-15(2)11-17/h4-12H,13H2,1-3H3. The smallest absolute Gasteiger partial charge is 0.226 e. The van der Waals surface area contributed by atoms with Crippen LogP contribution in [-0.4, -0.2) is 19.7 Å². The highest BCUT2D eigenvalue weighted by Crippen LogP contribution is 2.27. The molecule has 0 aliphatic heterocycles. The summed E-state index contributed by atoms with van der Waals surface area (Å²) in [5.41, 5.74) is 5.36. The first-order chi connectivity index (χ1) is 13.1. The maximum absolute atomic E-state index is 5.63. The Kier molecular flexibility index (Phi) is 4.81. The molecule has 4 rings (SSSR count). The van der Waals surface area contributed by atoms with Gasteiger partial charge in [-0.1, -0.05) is 53.2 Å².